The van der Waals surface area contributed by atoms with Gasteiger partial charge >= 0.3 is 0 Å². The van der Waals surface area contributed by atoms with Crippen LogP contribution in [-0.4, -0.2) is 36.8 Å². The summed E-state index contributed by atoms with van der Waals surface area (Å²) in [5, 5.41) is 0. The zero-order valence-corrected chi connectivity index (χ0v) is 10.7. The van der Waals surface area contributed by atoms with Crippen molar-refractivity contribution in [2.24, 2.45) is 5.73 Å². The molecule has 1 heterocycles. The minimum Gasteiger partial charge on any atom is -0.337 e. The molecule has 1 rings (SSSR count). The quantitative estimate of drug-likeness (QED) is 0.608. The Balaban J connectivity index is 2.12. The van der Waals surface area contributed by atoms with Gasteiger partial charge in [0.1, 0.15) is 0 Å². The molecule has 0 saturated carbocycles. The second-order valence-corrected chi connectivity index (χ2v) is 5.79. The maximum absolute atomic E-state index is 11.5. The summed E-state index contributed by atoms with van der Waals surface area (Å²) >= 11 is 0. The SMILES string of the molecule is NCCCCS(=O)(=O)NCCCn1ccnc1. The van der Waals surface area contributed by atoms with Gasteiger partial charge in [0.2, 0.25) is 10.0 Å². The molecule has 0 aromatic carbocycles. The fraction of sp³-hybridized carbons (Fsp3) is 0.700. The van der Waals surface area contributed by atoms with Gasteiger partial charge in [-0.1, -0.05) is 0 Å². The molecule has 1 aromatic rings. The lowest BCUT2D eigenvalue weighted by atomic mass is 10.3. The summed E-state index contributed by atoms with van der Waals surface area (Å²) in [5.41, 5.74) is 5.31. The van der Waals surface area contributed by atoms with E-state index in [2.05, 4.69) is 9.71 Å². The summed E-state index contributed by atoms with van der Waals surface area (Å²) in [5.74, 6) is 0.162. The van der Waals surface area contributed by atoms with Crippen molar-refractivity contribution in [3.63, 3.8) is 0 Å². The maximum atomic E-state index is 11.5. The molecule has 98 valence electrons. The number of hydrogen-bond acceptors (Lipinski definition) is 4. The molecule has 0 bridgehead atoms. The number of unbranched alkanes of at least 4 members (excludes halogenated alkanes) is 1. The van der Waals surface area contributed by atoms with Gasteiger partial charge in [-0.3, -0.25) is 0 Å². The van der Waals surface area contributed by atoms with E-state index in [0.717, 1.165) is 19.4 Å². The molecule has 0 aliphatic rings. The van der Waals surface area contributed by atoms with Crippen molar-refractivity contribution in [3.8, 4) is 0 Å². The number of aryl methyl sites for hydroxylation is 1. The Morgan fingerprint density at radius 3 is 2.76 bits per heavy atom. The van der Waals surface area contributed by atoms with E-state index in [4.69, 9.17) is 5.73 Å². The van der Waals surface area contributed by atoms with Gasteiger partial charge in [-0.25, -0.2) is 18.1 Å². The van der Waals surface area contributed by atoms with E-state index in [-0.39, 0.29) is 5.75 Å². The van der Waals surface area contributed by atoms with Gasteiger partial charge in [0.25, 0.3) is 0 Å². The molecule has 0 unspecified atom stereocenters. The molecule has 1 aromatic heterocycles. The molecule has 0 saturated heterocycles. The zero-order valence-electron chi connectivity index (χ0n) is 9.88. The normalized spacial score (nSPS) is 11.8. The number of sulfonamides is 1. The van der Waals surface area contributed by atoms with Crippen molar-refractivity contribution in [1.82, 2.24) is 14.3 Å². The van der Waals surface area contributed by atoms with Crippen LogP contribution < -0.4 is 10.5 Å². The predicted molar refractivity (Wildman–Crippen MR) is 66.9 cm³/mol. The van der Waals surface area contributed by atoms with E-state index in [1.807, 2.05) is 10.8 Å². The van der Waals surface area contributed by atoms with Crippen LogP contribution in [0.4, 0.5) is 0 Å². The van der Waals surface area contributed by atoms with E-state index in [0.29, 0.717) is 19.5 Å². The molecule has 6 nitrogen and oxygen atoms in total. The third-order valence-corrected chi connectivity index (χ3v) is 3.81. The van der Waals surface area contributed by atoms with E-state index < -0.39 is 10.0 Å². The molecular weight excluding hydrogens is 240 g/mol. The fourth-order valence-electron chi connectivity index (χ4n) is 1.42. The van der Waals surface area contributed by atoms with Crippen LogP contribution in [0, 0.1) is 0 Å². The lowest BCUT2D eigenvalue weighted by Crippen LogP contribution is -2.28. The first kappa shape index (κ1) is 14.1. The first-order chi connectivity index (χ1) is 8.14. The smallest absolute Gasteiger partial charge is 0.211 e. The van der Waals surface area contributed by atoms with Crippen LogP contribution in [0.2, 0.25) is 0 Å². The van der Waals surface area contributed by atoms with E-state index >= 15 is 0 Å². The van der Waals surface area contributed by atoms with Crippen LogP contribution in [0.3, 0.4) is 0 Å². The Hall–Kier alpha value is -0.920. The van der Waals surface area contributed by atoms with E-state index in [1.165, 1.54) is 0 Å². The molecule has 0 atom stereocenters. The zero-order chi connectivity index (χ0) is 12.6. The number of hydrogen-bond donors (Lipinski definition) is 2. The third-order valence-electron chi connectivity index (χ3n) is 2.34. The first-order valence-electron chi connectivity index (χ1n) is 5.77. The van der Waals surface area contributed by atoms with Crippen LogP contribution in [0.1, 0.15) is 19.3 Å². The number of nitrogens with zero attached hydrogens (tertiary/aromatic N) is 2. The summed E-state index contributed by atoms with van der Waals surface area (Å²) in [6, 6.07) is 0. The minimum absolute atomic E-state index is 0.162. The molecule has 0 spiro atoms. The van der Waals surface area contributed by atoms with Crippen LogP contribution in [0.25, 0.3) is 0 Å². The summed E-state index contributed by atoms with van der Waals surface area (Å²) in [6.07, 6.45) is 7.40. The number of nitrogens with one attached hydrogen (secondary N) is 1. The van der Waals surface area contributed by atoms with Crippen molar-refractivity contribution in [3.05, 3.63) is 18.7 Å². The highest BCUT2D eigenvalue weighted by Gasteiger charge is 2.08. The lowest BCUT2D eigenvalue weighted by molar-refractivity contribution is 0.566. The Kier molecular flexibility index (Phi) is 6.17. The maximum Gasteiger partial charge on any atom is 0.211 e. The minimum atomic E-state index is -3.13. The van der Waals surface area contributed by atoms with Crippen molar-refractivity contribution in [2.45, 2.75) is 25.8 Å². The lowest BCUT2D eigenvalue weighted by Gasteiger charge is -2.06. The number of rotatable bonds is 9. The van der Waals surface area contributed by atoms with Crippen molar-refractivity contribution < 1.29 is 8.42 Å². The highest BCUT2D eigenvalue weighted by Crippen LogP contribution is 1.94. The average Bonchev–Trinajstić information content (AvgIpc) is 2.77. The monoisotopic (exact) mass is 260 g/mol. The van der Waals surface area contributed by atoms with Crippen LogP contribution in [0.5, 0.6) is 0 Å². The molecular formula is C10H20N4O2S. The molecule has 0 amide bonds. The van der Waals surface area contributed by atoms with Crippen molar-refractivity contribution >= 4 is 10.0 Å². The summed E-state index contributed by atoms with van der Waals surface area (Å²) in [4.78, 5) is 3.91. The Morgan fingerprint density at radius 2 is 2.12 bits per heavy atom. The summed E-state index contributed by atoms with van der Waals surface area (Å²) < 4.78 is 27.5. The molecule has 0 radical (unpaired) electrons. The number of imidazole rings is 1. The second kappa shape index (κ2) is 7.41. The van der Waals surface area contributed by atoms with E-state index in [1.54, 1.807) is 12.5 Å². The van der Waals surface area contributed by atoms with Crippen molar-refractivity contribution in [1.29, 1.82) is 0 Å². The molecule has 3 N–H and O–H groups in total. The molecule has 0 aliphatic heterocycles. The summed E-state index contributed by atoms with van der Waals surface area (Å²) in [7, 11) is -3.13. The predicted octanol–water partition coefficient (Wildman–Crippen LogP) is -0.0685. The summed E-state index contributed by atoms with van der Waals surface area (Å²) in [6.45, 7) is 1.77. The Labute approximate surface area is 102 Å². The largest absolute Gasteiger partial charge is 0.337 e. The van der Waals surface area contributed by atoms with E-state index in [9.17, 15) is 8.42 Å². The second-order valence-electron chi connectivity index (χ2n) is 3.86. The topological polar surface area (TPSA) is 90.0 Å². The van der Waals surface area contributed by atoms with Crippen molar-refractivity contribution in [2.75, 3.05) is 18.8 Å². The Morgan fingerprint density at radius 1 is 1.29 bits per heavy atom. The fourth-order valence-corrected chi connectivity index (χ4v) is 2.60. The van der Waals surface area contributed by atoms with Crippen LogP contribution >= 0.6 is 0 Å². The standard InChI is InChI=1S/C10H20N4O2S/c11-4-1-2-9-17(15,16)13-5-3-7-14-8-6-12-10-14/h6,8,10,13H,1-5,7,9,11H2. The molecule has 7 heteroatoms. The highest BCUT2D eigenvalue weighted by molar-refractivity contribution is 7.89. The van der Waals surface area contributed by atoms with Gasteiger partial charge in [-0.2, -0.15) is 0 Å². The first-order valence-corrected chi connectivity index (χ1v) is 7.42. The number of aromatic nitrogens is 2. The van der Waals surface area contributed by atoms with Gasteiger partial charge in [0.05, 0.1) is 12.1 Å². The van der Waals surface area contributed by atoms with Crippen LogP contribution in [-0.2, 0) is 16.6 Å². The van der Waals surface area contributed by atoms with Crippen LogP contribution in [0.15, 0.2) is 18.7 Å². The van der Waals surface area contributed by atoms with Gasteiger partial charge in [0, 0.05) is 25.5 Å². The molecule has 0 fully saturated rings. The average molecular weight is 260 g/mol. The van der Waals surface area contributed by atoms with Gasteiger partial charge in [0.15, 0.2) is 0 Å². The van der Waals surface area contributed by atoms with Gasteiger partial charge in [-0.15, -0.1) is 0 Å². The molecule has 0 aliphatic carbocycles. The third kappa shape index (κ3) is 6.40. The Bertz CT molecular complexity index is 388. The van der Waals surface area contributed by atoms with Gasteiger partial charge < -0.3 is 10.3 Å². The number of nitrogens with two attached hydrogens (primary N) is 1. The highest BCUT2D eigenvalue weighted by atomic mass is 32.2. The molecule has 17 heavy (non-hydrogen) atoms. The van der Waals surface area contributed by atoms with Gasteiger partial charge in [-0.05, 0) is 25.8 Å².